The summed E-state index contributed by atoms with van der Waals surface area (Å²) in [7, 11) is 1.49. The van der Waals surface area contributed by atoms with Gasteiger partial charge in [-0.1, -0.05) is 0 Å². The summed E-state index contributed by atoms with van der Waals surface area (Å²) < 4.78 is 19.3. The van der Waals surface area contributed by atoms with Crippen LogP contribution in [0.15, 0.2) is 16.7 Å². The molecule has 0 aliphatic heterocycles. The van der Waals surface area contributed by atoms with Crippen LogP contribution in [0.3, 0.4) is 0 Å². The first-order valence-electron chi connectivity index (χ1n) is 4.10. The van der Waals surface area contributed by atoms with Crippen LogP contribution in [0.2, 0.25) is 0 Å². The molecule has 0 amide bonds. The van der Waals surface area contributed by atoms with Gasteiger partial charge < -0.3 is 10.5 Å². The van der Waals surface area contributed by atoms with E-state index in [1.54, 1.807) is 13.0 Å². The fourth-order valence-corrected chi connectivity index (χ4v) is 1.43. The Morgan fingerprint density at radius 2 is 2.36 bits per heavy atom. The van der Waals surface area contributed by atoms with Crippen LogP contribution in [0.5, 0.6) is 0 Å². The molecule has 0 saturated heterocycles. The van der Waals surface area contributed by atoms with Gasteiger partial charge in [-0.25, -0.2) is 4.98 Å². The lowest BCUT2D eigenvalue weighted by atomic mass is 9.97. The third kappa shape index (κ3) is 2.10. The van der Waals surface area contributed by atoms with Gasteiger partial charge in [0.1, 0.15) is 5.60 Å². The fourth-order valence-electron chi connectivity index (χ4n) is 1.10. The second-order valence-corrected chi connectivity index (χ2v) is 4.05. The quantitative estimate of drug-likeness (QED) is 0.846. The van der Waals surface area contributed by atoms with E-state index in [0.717, 1.165) is 0 Å². The van der Waals surface area contributed by atoms with E-state index in [0.29, 0.717) is 10.0 Å². The van der Waals surface area contributed by atoms with Crippen LogP contribution < -0.4 is 5.73 Å². The zero-order valence-corrected chi connectivity index (χ0v) is 9.64. The summed E-state index contributed by atoms with van der Waals surface area (Å²) in [5, 5.41) is 0. The van der Waals surface area contributed by atoms with Crippen molar-refractivity contribution in [2.45, 2.75) is 12.5 Å². The number of hydrogen-bond donors (Lipinski definition) is 1. The van der Waals surface area contributed by atoms with E-state index in [9.17, 15) is 4.39 Å². The number of aromatic nitrogens is 1. The van der Waals surface area contributed by atoms with E-state index in [4.69, 9.17) is 10.5 Å². The van der Waals surface area contributed by atoms with Gasteiger partial charge in [-0.2, -0.15) is 4.39 Å². The highest BCUT2D eigenvalue weighted by Gasteiger charge is 2.28. The van der Waals surface area contributed by atoms with Gasteiger partial charge in [-0.3, -0.25) is 0 Å². The Balaban J connectivity index is 3.22. The summed E-state index contributed by atoms with van der Waals surface area (Å²) in [6.07, 6.45) is 1.39. The van der Waals surface area contributed by atoms with Crippen molar-refractivity contribution >= 4 is 15.9 Å². The van der Waals surface area contributed by atoms with Crippen molar-refractivity contribution in [2.75, 3.05) is 13.7 Å². The summed E-state index contributed by atoms with van der Waals surface area (Å²) in [6.45, 7) is 1.91. The highest BCUT2D eigenvalue weighted by atomic mass is 79.9. The molecule has 14 heavy (non-hydrogen) atoms. The molecule has 0 bridgehead atoms. The molecule has 2 N–H and O–H groups in total. The highest BCUT2D eigenvalue weighted by Crippen LogP contribution is 2.27. The monoisotopic (exact) mass is 262 g/mol. The van der Waals surface area contributed by atoms with Crippen LogP contribution in [0.4, 0.5) is 4.39 Å². The molecule has 0 radical (unpaired) electrons. The van der Waals surface area contributed by atoms with Gasteiger partial charge in [0.2, 0.25) is 5.95 Å². The van der Waals surface area contributed by atoms with E-state index in [2.05, 4.69) is 20.9 Å². The molecule has 5 heteroatoms. The average Bonchev–Trinajstić information content (AvgIpc) is 2.20. The molecule has 1 atom stereocenters. The average molecular weight is 263 g/mol. The van der Waals surface area contributed by atoms with Crippen LogP contribution in [-0.2, 0) is 10.3 Å². The highest BCUT2D eigenvalue weighted by molar-refractivity contribution is 9.10. The molecule has 0 aliphatic carbocycles. The molecule has 1 aromatic rings. The first-order valence-corrected chi connectivity index (χ1v) is 4.89. The molecule has 1 rings (SSSR count). The molecular weight excluding hydrogens is 251 g/mol. The standard InChI is InChI=1S/C9H12BrFN2O/c1-9(5-12,14-2)7-3-6(10)4-13-8(7)11/h3-4H,5,12H2,1-2H3. The molecule has 1 unspecified atom stereocenters. The zero-order valence-electron chi connectivity index (χ0n) is 8.05. The largest absolute Gasteiger partial charge is 0.372 e. The van der Waals surface area contributed by atoms with E-state index in [-0.39, 0.29) is 6.54 Å². The molecule has 0 aromatic carbocycles. The molecule has 1 heterocycles. The zero-order chi connectivity index (χ0) is 10.8. The first kappa shape index (κ1) is 11.6. The number of hydrogen-bond acceptors (Lipinski definition) is 3. The number of pyridine rings is 1. The molecule has 78 valence electrons. The number of nitrogens with zero attached hydrogens (tertiary/aromatic N) is 1. The van der Waals surface area contributed by atoms with Gasteiger partial charge in [0.25, 0.3) is 0 Å². The maximum Gasteiger partial charge on any atom is 0.219 e. The van der Waals surface area contributed by atoms with Crippen LogP contribution in [0, 0.1) is 5.95 Å². The predicted molar refractivity (Wildman–Crippen MR) is 55.3 cm³/mol. The molecule has 1 aromatic heterocycles. The van der Waals surface area contributed by atoms with E-state index in [1.165, 1.54) is 13.3 Å². The van der Waals surface area contributed by atoms with Gasteiger partial charge in [0.15, 0.2) is 0 Å². The summed E-state index contributed by atoms with van der Waals surface area (Å²) in [4.78, 5) is 3.59. The van der Waals surface area contributed by atoms with Crippen molar-refractivity contribution in [1.82, 2.24) is 4.98 Å². The Labute approximate surface area is 90.6 Å². The lowest BCUT2D eigenvalue weighted by Crippen LogP contribution is -2.35. The Hall–Kier alpha value is -0.520. The SMILES string of the molecule is COC(C)(CN)c1cc(Br)cnc1F. The van der Waals surface area contributed by atoms with Crippen LogP contribution in [0.25, 0.3) is 0 Å². The second-order valence-electron chi connectivity index (χ2n) is 3.13. The Morgan fingerprint density at radius 1 is 1.71 bits per heavy atom. The van der Waals surface area contributed by atoms with Crippen molar-refractivity contribution in [2.24, 2.45) is 5.73 Å². The third-order valence-corrected chi connectivity index (χ3v) is 2.65. The lowest BCUT2D eigenvalue weighted by molar-refractivity contribution is 0.00649. The summed E-state index contributed by atoms with van der Waals surface area (Å²) in [5.41, 5.74) is 5.06. The van der Waals surface area contributed by atoms with Gasteiger partial charge in [-0.05, 0) is 28.9 Å². The molecule has 3 nitrogen and oxygen atoms in total. The summed E-state index contributed by atoms with van der Waals surface area (Å²) in [6, 6.07) is 1.62. The first-order chi connectivity index (χ1) is 6.53. The number of ether oxygens (including phenoxy) is 1. The number of methoxy groups -OCH3 is 1. The topological polar surface area (TPSA) is 48.1 Å². The summed E-state index contributed by atoms with van der Waals surface area (Å²) in [5.74, 6) is -0.553. The number of halogens is 2. The van der Waals surface area contributed by atoms with E-state index in [1.807, 2.05) is 0 Å². The lowest BCUT2D eigenvalue weighted by Gasteiger charge is -2.26. The van der Waals surface area contributed by atoms with Gasteiger partial charge >= 0.3 is 0 Å². The predicted octanol–water partition coefficient (Wildman–Crippen LogP) is 1.80. The maximum atomic E-state index is 13.4. The van der Waals surface area contributed by atoms with Crippen molar-refractivity contribution < 1.29 is 9.13 Å². The number of rotatable bonds is 3. The molecule has 0 aliphatic rings. The molecule has 0 fully saturated rings. The third-order valence-electron chi connectivity index (χ3n) is 2.22. The van der Waals surface area contributed by atoms with E-state index < -0.39 is 11.5 Å². The Kier molecular flexibility index (Phi) is 3.58. The Bertz CT molecular complexity index is 329. The molecular formula is C9H12BrFN2O. The minimum absolute atomic E-state index is 0.193. The van der Waals surface area contributed by atoms with Gasteiger partial charge in [0, 0.05) is 29.9 Å². The number of nitrogens with two attached hydrogens (primary N) is 1. The fraction of sp³-hybridized carbons (Fsp3) is 0.444. The van der Waals surface area contributed by atoms with Crippen LogP contribution in [-0.4, -0.2) is 18.6 Å². The Morgan fingerprint density at radius 3 is 2.86 bits per heavy atom. The van der Waals surface area contributed by atoms with Crippen molar-refractivity contribution in [3.05, 3.63) is 28.2 Å². The van der Waals surface area contributed by atoms with Gasteiger partial charge in [0.05, 0.1) is 0 Å². The van der Waals surface area contributed by atoms with Crippen LogP contribution >= 0.6 is 15.9 Å². The van der Waals surface area contributed by atoms with E-state index >= 15 is 0 Å². The minimum Gasteiger partial charge on any atom is -0.372 e. The molecule has 0 saturated carbocycles. The minimum atomic E-state index is -0.832. The van der Waals surface area contributed by atoms with Gasteiger partial charge in [-0.15, -0.1) is 0 Å². The molecule has 0 spiro atoms. The van der Waals surface area contributed by atoms with Crippen molar-refractivity contribution in [1.29, 1.82) is 0 Å². The summed E-state index contributed by atoms with van der Waals surface area (Å²) >= 11 is 3.22. The second kappa shape index (κ2) is 4.33. The maximum absolute atomic E-state index is 13.4. The smallest absolute Gasteiger partial charge is 0.219 e. The van der Waals surface area contributed by atoms with Crippen molar-refractivity contribution in [3.63, 3.8) is 0 Å². The van der Waals surface area contributed by atoms with Crippen molar-refractivity contribution in [3.8, 4) is 0 Å². The normalized spacial score (nSPS) is 15.2. The van der Waals surface area contributed by atoms with Crippen LogP contribution in [0.1, 0.15) is 12.5 Å².